The number of ether oxygens (including phenoxy) is 1. The van der Waals surface area contributed by atoms with Crippen molar-refractivity contribution in [2.75, 3.05) is 6.61 Å². The van der Waals surface area contributed by atoms with Gasteiger partial charge in [0.1, 0.15) is 0 Å². The molecule has 0 aliphatic carbocycles. The third kappa shape index (κ3) is 3.38. The number of benzene rings is 1. The van der Waals surface area contributed by atoms with Crippen LogP contribution in [0.25, 0.3) is 10.9 Å². The summed E-state index contributed by atoms with van der Waals surface area (Å²) in [5.74, 6) is 0.643. The lowest BCUT2D eigenvalue weighted by atomic mass is 9.94. The number of thioether (sulfide) groups is 1. The lowest BCUT2D eigenvalue weighted by Gasteiger charge is -2.36. The number of H-pyrrole nitrogens is 1. The summed E-state index contributed by atoms with van der Waals surface area (Å²) in [4.78, 5) is 31.2. The van der Waals surface area contributed by atoms with Gasteiger partial charge in [-0.1, -0.05) is 30.0 Å². The normalized spacial score (nSPS) is 22.9. The number of aliphatic imine (C=N–C) groups is 1. The smallest absolute Gasteiger partial charge is 0.271 e. The number of fused-ring (bicyclic) bond motifs is 2. The van der Waals surface area contributed by atoms with Crippen LogP contribution in [0, 0.1) is 0 Å². The first-order chi connectivity index (χ1) is 14.7. The third-order valence-electron chi connectivity index (χ3n) is 6.23. The van der Waals surface area contributed by atoms with Crippen molar-refractivity contribution in [1.82, 2.24) is 14.3 Å². The summed E-state index contributed by atoms with van der Waals surface area (Å²) in [6.07, 6.45) is 1.60. The molecular formula is C23H26N4O3S. The van der Waals surface area contributed by atoms with Gasteiger partial charge >= 0.3 is 0 Å². The minimum absolute atomic E-state index is 0.0869. The van der Waals surface area contributed by atoms with Crippen molar-refractivity contribution in [3.63, 3.8) is 0 Å². The molecule has 0 bridgehead atoms. The molecule has 31 heavy (non-hydrogen) atoms. The van der Waals surface area contributed by atoms with Gasteiger partial charge in [0.05, 0.1) is 33.0 Å². The van der Waals surface area contributed by atoms with Crippen LogP contribution in [0.2, 0.25) is 0 Å². The maximum Gasteiger partial charge on any atom is 0.271 e. The minimum atomic E-state index is -0.395. The van der Waals surface area contributed by atoms with E-state index in [1.54, 1.807) is 11.6 Å². The summed E-state index contributed by atoms with van der Waals surface area (Å²) in [5.41, 5.74) is 1.52. The summed E-state index contributed by atoms with van der Waals surface area (Å²) in [7, 11) is 1.78. The Balaban J connectivity index is 1.68. The van der Waals surface area contributed by atoms with Crippen LogP contribution in [-0.4, -0.2) is 31.6 Å². The van der Waals surface area contributed by atoms with E-state index in [1.165, 1.54) is 11.8 Å². The Morgan fingerprint density at radius 1 is 1.26 bits per heavy atom. The van der Waals surface area contributed by atoms with Crippen LogP contribution in [-0.2, 0) is 11.8 Å². The Kier molecular flexibility index (Phi) is 4.75. The van der Waals surface area contributed by atoms with Gasteiger partial charge in [0.15, 0.2) is 5.82 Å². The summed E-state index contributed by atoms with van der Waals surface area (Å²) >= 11 is 1.47. The van der Waals surface area contributed by atoms with E-state index in [0.29, 0.717) is 23.6 Å². The fraction of sp³-hybridized carbons (Fsp3) is 0.435. The topological polar surface area (TPSA) is 81.4 Å². The van der Waals surface area contributed by atoms with Crippen molar-refractivity contribution in [3.05, 3.63) is 62.2 Å². The number of hydrogen-bond donors (Lipinski definition) is 1. The molecule has 4 heterocycles. The molecule has 5 rings (SSSR count). The molecule has 1 N–H and O–H groups in total. The lowest BCUT2D eigenvalue weighted by Crippen LogP contribution is -2.35. The molecule has 0 radical (unpaired) electrons. The monoisotopic (exact) mass is 438 g/mol. The van der Waals surface area contributed by atoms with E-state index >= 15 is 0 Å². The number of hydrogen-bond acceptors (Lipinski definition) is 5. The number of aromatic amines is 1. The molecule has 2 aliphatic rings. The Labute approximate surface area is 184 Å². The van der Waals surface area contributed by atoms with Gasteiger partial charge < -0.3 is 9.30 Å². The van der Waals surface area contributed by atoms with Crippen molar-refractivity contribution >= 4 is 33.5 Å². The lowest BCUT2D eigenvalue weighted by molar-refractivity contribution is -0.0705. The first kappa shape index (κ1) is 20.3. The van der Waals surface area contributed by atoms with Gasteiger partial charge in [-0.2, -0.15) is 0 Å². The van der Waals surface area contributed by atoms with Crippen LogP contribution in [0.1, 0.15) is 56.0 Å². The Bertz CT molecular complexity index is 1330. The molecule has 1 aromatic carbocycles. The van der Waals surface area contributed by atoms with Crippen molar-refractivity contribution in [2.24, 2.45) is 12.0 Å². The SMILES string of the molecule is CC1=Nc2c(c(=O)[nH]n2[C@@H]2CCOC(C)(C)C2)[C@H](c2cc3ccccc3n(C)c2=O)S1. The minimum Gasteiger partial charge on any atom is -0.375 e. The van der Waals surface area contributed by atoms with E-state index in [4.69, 9.17) is 9.73 Å². The van der Waals surface area contributed by atoms with Crippen molar-refractivity contribution < 1.29 is 4.74 Å². The molecule has 2 aromatic heterocycles. The number of para-hydroxylation sites is 1. The first-order valence-electron chi connectivity index (χ1n) is 10.5. The zero-order valence-corrected chi connectivity index (χ0v) is 19.0. The van der Waals surface area contributed by atoms with Gasteiger partial charge in [-0.25, -0.2) is 4.99 Å². The highest BCUT2D eigenvalue weighted by atomic mass is 32.2. The predicted octanol–water partition coefficient (Wildman–Crippen LogP) is 4.04. The van der Waals surface area contributed by atoms with Crippen molar-refractivity contribution in [2.45, 2.75) is 50.5 Å². The standard InChI is InChI=1S/C23H26N4O3S/c1-13-24-20-18(21(28)25-27(20)15-9-10-30-23(2,3)12-15)19(31-13)16-11-14-7-5-6-8-17(14)26(4)22(16)29/h5-8,11,15,19H,9-10,12H2,1-4H3,(H,25,28)/t15-,19+/m1/s1. The largest absolute Gasteiger partial charge is 0.375 e. The molecule has 162 valence electrons. The number of aryl methyl sites for hydroxylation is 1. The molecule has 0 amide bonds. The van der Waals surface area contributed by atoms with E-state index in [1.807, 2.05) is 41.9 Å². The highest BCUT2D eigenvalue weighted by Crippen LogP contribution is 2.45. The van der Waals surface area contributed by atoms with Gasteiger partial charge in [-0.3, -0.25) is 19.4 Å². The fourth-order valence-electron chi connectivity index (χ4n) is 4.75. The average Bonchev–Trinajstić information content (AvgIpc) is 3.06. The van der Waals surface area contributed by atoms with Crippen LogP contribution in [0.3, 0.4) is 0 Å². The molecule has 0 unspecified atom stereocenters. The van der Waals surface area contributed by atoms with Crippen LogP contribution in [0.5, 0.6) is 0 Å². The van der Waals surface area contributed by atoms with E-state index in [0.717, 1.165) is 28.8 Å². The molecule has 0 spiro atoms. The summed E-state index contributed by atoms with van der Waals surface area (Å²) < 4.78 is 9.43. The first-order valence-corrected chi connectivity index (χ1v) is 11.4. The molecule has 7 nitrogen and oxygen atoms in total. The third-order valence-corrected chi connectivity index (χ3v) is 7.39. The molecule has 8 heteroatoms. The molecule has 1 saturated heterocycles. The summed E-state index contributed by atoms with van der Waals surface area (Å²) in [6, 6.07) is 9.83. The second kappa shape index (κ2) is 7.24. The maximum absolute atomic E-state index is 13.3. The molecule has 1 fully saturated rings. The Hall–Kier alpha value is -2.58. The molecule has 2 atom stereocenters. The second-order valence-electron chi connectivity index (χ2n) is 8.95. The van der Waals surface area contributed by atoms with Crippen LogP contribution >= 0.6 is 11.8 Å². The van der Waals surface area contributed by atoms with Gasteiger partial charge in [0.2, 0.25) is 0 Å². The van der Waals surface area contributed by atoms with Crippen LogP contribution in [0.4, 0.5) is 5.82 Å². The molecule has 0 saturated carbocycles. The van der Waals surface area contributed by atoms with E-state index in [9.17, 15) is 9.59 Å². The van der Waals surface area contributed by atoms with Crippen molar-refractivity contribution in [1.29, 1.82) is 0 Å². The van der Waals surface area contributed by atoms with Crippen molar-refractivity contribution in [3.8, 4) is 0 Å². The molecule has 2 aliphatic heterocycles. The van der Waals surface area contributed by atoms with E-state index in [-0.39, 0.29) is 22.8 Å². The zero-order chi connectivity index (χ0) is 21.9. The second-order valence-corrected chi connectivity index (χ2v) is 10.3. The van der Waals surface area contributed by atoms with Gasteiger partial charge in [-0.05, 0) is 51.1 Å². The van der Waals surface area contributed by atoms with Gasteiger partial charge in [0, 0.05) is 19.2 Å². The predicted molar refractivity (Wildman–Crippen MR) is 125 cm³/mol. The number of nitrogens with one attached hydrogen (secondary N) is 1. The average molecular weight is 439 g/mol. The maximum atomic E-state index is 13.3. The molecular weight excluding hydrogens is 412 g/mol. The number of nitrogens with zero attached hydrogens (tertiary/aromatic N) is 3. The molecule has 3 aromatic rings. The quantitative estimate of drug-likeness (QED) is 0.655. The number of rotatable bonds is 2. The van der Waals surface area contributed by atoms with Crippen LogP contribution in [0.15, 0.2) is 44.9 Å². The fourth-order valence-corrected chi connectivity index (χ4v) is 5.85. The van der Waals surface area contributed by atoms with E-state index in [2.05, 4.69) is 18.9 Å². The Morgan fingerprint density at radius 2 is 2.03 bits per heavy atom. The van der Waals surface area contributed by atoms with Gasteiger partial charge in [0.25, 0.3) is 11.1 Å². The summed E-state index contributed by atoms with van der Waals surface area (Å²) in [6.45, 7) is 6.71. The zero-order valence-electron chi connectivity index (χ0n) is 18.1. The summed E-state index contributed by atoms with van der Waals surface area (Å²) in [5, 5.41) is 4.45. The highest BCUT2D eigenvalue weighted by molar-refractivity contribution is 8.14. The van der Waals surface area contributed by atoms with E-state index < -0.39 is 5.25 Å². The number of pyridine rings is 1. The van der Waals surface area contributed by atoms with Crippen LogP contribution < -0.4 is 11.1 Å². The van der Waals surface area contributed by atoms with Gasteiger partial charge in [-0.15, -0.1) is 0 Å². The Morgan fingerprint density at radius 3 is 2.81 bits per heavy atom. The number of aromatic nitrogens is 3. The highest BCUT2D eigenvalue weighted by Gasteiger charge is 2.36.